The summed E-state index contributed by atoms with van der Waals surface area (Å²) in [6.45, 7) is 12.5. The lowest BCUT2D eigenvalue weighted by atomic mass is 9.84. The molecule has 88 valence electrons. The summed E-state index contributed by atoms with van der Waals surface area (Å²) in [7, 11) is 0. The molecule has 0 rings (SSSR count). The predicted octanol–water partition coefficient (Wildman–Crippen LogP) is 3.92. The molecule has 0 aromatic rings. The van der Waals surface area contributed by atoms with Crippen molar-refractivity contribution in [2.45, 2.75) is 46.5 Å². The third-order valence-electron chi connectivity index (χ3n) is 2.65. The highest BCUT2D eigenvalue weighted by molar-refractivity contribution is 4.84. The van der Waals surface area contributed by atoms with Crippen LogP contribution in [0, 0.1) is 5.41 Å². The van der Waals surface area contributed by atoms with E-state index in [-0.39, 0.29) is 0 Å². The van der Waals surface area contributed by atoms with Crippen molar-refractivity contribution < 1.29 is 0 Å². The Morgan fingerprint density at radius 2 is 2.00 bits per heavy atom. The molecule has 0 aliphatic rings. The minimum Gasteiger partial charge on any atom is -0.313 e. The van der Waals surface area contributed by atoms with E-state index in [1.165, 1.54) is 25.7 Å². The van der Waals surface area contributed by atoms with E-state index in [1.807, 2.05) is 6.08 Å². The van der Waals surface area contributed by atoms with E-state index in [0.717, 1.165) is 13.1 Å². The van der Waals surface area contributed by atoms with Crippen LogP contribution in [0.5, 0.6) is 0 Å². The van der Waals surface area contributed by atoms with Gasteiger partial charge in [0.25, 0.3) is 0 Å². The lowest BCUT2D eigenvalue weighted by Gasteiger charge is -2.22. The van der Waals surface area contributed by atoms with Gasteiger partial charge in [0, 0.05) is 6.54 Å². The van der Waals surface area contributed by atoms with Gasteiger partial charge in [0.1, 0.15) is 0 Å². The van der Waals surface area contributed by atoms with Gasteiger partial charge in [0.15, 0.2) is 0 Å². The Labute approximate surface area is 95.7 Å². The number of rotatable bonds is 9. The molecule has 0 aromatic heterocycles. The van der Waals surface area contributed by atoms with Crippen molar-refractivity contribution in [3.05, 3.63) is 24.8 Å². The van der Waals surface area contributed by atoms with Crippen LogP contribution in [0.4, 0.5) is 0 Å². The van der Waals surface area contributed by atoms with Crippen LogP contribution in [0.25, 0.3) is 0 Å². The summed E-state index contributed by atoms with van der Waals surface area (Å²) in [5.74, 6) is 0. The first kappa shape index (κ1) is 14.4. The SMILES string of the molecule is C=CCNCCCCC(C)(C)CC=CC. The maximum Gasteiger partial charge on any atom is 0.0132 e. The zero-order valence-electron chi connectivity index (χ0n) is 10.7. The normalized spacial score (nSPS) is 12.2. The van der Waals surface area contributed by atoms with Gasteiger partial charge in [-0.3, -0.25) is 0 Å². The monoisotopic (exact) mass is 209 g/mol. The second-order valence-corrected chi connectivity index (χ2v) is 4.89. The first-order chi connectivity index (χ1) is 7.12. The lowest BCUT2D eigenvalue weighted by Crippen LogP contribution is -2.16. The van der Waals surface area contributed by atoms with E-state index in [0.29, 0.717) is 5.41 Å². The van der Waals surface area contributed by atoms with Gasteiger partial charge in [-0.05, 0) is 38.1 Å². The molecule has 0 atom stereocenters. The summed E-state index contributed by atoms with van der Waals surface area (Å²) in [4.78, 5) is 0. The molecule has 0 aliphatic heterocycles. The fourth-order valence-corrected chi connectivity index (χ4v) is 1.60. The van der Waals surface area contributed by atoms with Crippen molar-refractivity contribution in [1.82, 2.24) is 5.32 Å². The van der Waals surface area contributed by atoms with Crippen molar-refractivity contribution in [2.24, 2.45) is 5.41 Å². The number of allylic oxidation sites excluding steroid dienone is 2. The highest BCUT2D eigenvalue weighted by Gasteiger charge is 2.14. The first-order valence-corrected chi connectivity index (χ1v) is 6.05. The fourth-order valence-electron chi connectivity index (χ4n) is 1.60. The smallest absolute Gasteiger partial charge is 0.0132 e. The van der Waals surface area contributed by atoms with E-state index in [4.69, 9.17) is 0 Å². The molecule has 0 spiro atoms. The van der Waals surface area contributed by atoms with Crippen LogP contribution in [0.3, 0.4) is 0 Å². The van der Waals surface area contributed by atoms with Crippen molar-refractivity contribution in [2.75, 3.05) is 13.1 Å². The molecule has 0 saturated heterocycles. The van der Waals surface area contributed by atoms with Gasteiger partial charge in [-0.15, -0.1) is 6.58 Å². The Kier molecular flexibility index (Phi) is 8.40. The van der Waals surface area contributed by atoms with Gasteiger partial charge in [-0.1, -0.05) is 38.5 Å². The Morgan fingerprint density at radius 1 is 1.27 bits per heavy atom. The van der Waals surface area contributed by atoms with Gasteiger partial charge in [-0.2, -0.15) is 0 Å². The summed E-state index contributed by atoms with van der Waals surface area (Å²) < 4.78 is 0. The van der Waals surface area contributed by atoms with Crippen molar-refractivity contribution in [3.63, 3.8) is 0 Å². The van der Waals surface area contributed by atoms with Crippen LogP contribution < -0.4 is 5.32 Å². The van der Waals surface area contributed by atoms with Crippen LogP contribution >= 0.6 is 0 Å². The third-order valence-corrected chi connectivity index (χ3v) is 2.65. The van der Waals surface area contributed by atoms with E-state index < -0.39 is 0 Å². The molecule has 0 amide bonds. The molecular formula is C14H27N. The highest BCUT2D eigenvalue weighted by atomic mass is 14.8. The minimum atomic E-state index is 0.463. The molecule has 15 heavy (non-hydrogen) atoms. The van der Waals surface area contributed by atoms with Gasteiger partial charge < -0.3 is 5.32 Å². The summed E-state index contributed by atoms with van der Waals surface area (Å²) in [6, 6.07) is 0. The summed E-state index contributed by atoms with van der Waals surface area (Å²) in [5.41, 5.74) is 0.463. The second kappa shape index (κ2) is 8.72. The molecule has 0 heterocycles. The van der Waals surface area contributed by atoms with E-state index in [1.54, 1.807) is 0 Å². The van der Waals surface area contributed by atoms with E-state index in [2.05, 4.69) is 44.8 Å². The van der Waals surface area contributed by atoms with E-state index >= 15 is 0 Å². The summed E-state index contributed by atoms with van der Waals surface area (Å²) in [5, 5.41) is 3.33. The maximum absolute atomic E-state index is 3.68. The van der Waals surface area contributed by atoms with Crippen LogP contribution in [-0.4, -0.2) is 13.1 Å². The van der Waals surface area contributed by atoms with Gasteiger partial charge in [0.05, 0.1) is 0 Å². The zero-order valence-corrected chi connectivity index (χ0v) is 10.7. The number of hydrogen-bond acceptors (Lipinski definition) is 1. The molecule has 0 fully saturated rings. The van der Waals surface area contributed by atoms with Crippen LogP contribution in [0.1, 0.15) is 46.5 Å². The van der Waals surface area contributed by atoms with Crippen LogP contribution in [-0.2, 0) is 0 Å². The average Bonchev–Trinajstić information content (AvgIpc) is 2.20. The predicted molar refractivity (Wildman–Crippen MR) is 70.1 cm³/mol. The number of nitrogens with one attached hydrogen (secondary N) is 1. The van der Waals surface area contributed by atoms with Crippen LogP contribution in [0.2, 0.25) is 0 Å². The van der Waals surface area contributed by atoms with Gasteiger partial charge in [-0.25, -0.2) is 0 Å². The molecule has 0 unspecified atom stereocenters. The van der Waals surface area contributed by atoms with Crippen molar-refractivity contribution >= 4 is 0 Å². The number of hydrogen-bond donors (Lipinski definition) is 1. The topological polar surface area (TPSA) is 12.0 Å². The molecule has 0 aliphatic carbocycles. The Bertz CT molecular complexity index is 180. The largest absolute Gasteiger partial charge is 0.313 e. The molecule has 1 heteroatoms. The Balaban J connectivity index is 3.43. The number of unbranched alkanes of at least 4 members (excludes halogenated alkanes) is 1. The Morgan fingerprint density at radius 3 is 2.60 bits per heavy atom. The minimum absolute atomic E-state index is 0.463. The molecular weight excluding hydrogens is 182 g/mol. The molecule has 1 nitrogen and oxygen atoms in total. The molecule has 0 aromatic carbocycles. The molecule has 1 N–H and O–H groups in total. The van der Waals surface area contributed by atoms with Crippen molar-refractivity contribution in [1.29, 1.82) is 0 Å². The molecule has 0 saturated carbocycles. The average molecular weight is 209 g/mol. The standard InChI is InChI=1S/C14H27N/c1-5-7-10-14(3,4)11-8-9-13-15-12-6-2/h5-7,15H,2,8-13H2,1,3-4H3. The highest BCUT2D eigenvalue weighted by Crippen LogP contribution is 2.27. The quantitative estimate of drug-likeness (QED) is 0.448. The zero-order chi connectivity index (χ0) is 11.6. The third kappa shape index (κ3) is 9.74. The molecule has 0 bridgehead atoms. The van der Waals surface area contributed by atoms with Crippen molar-refractivity contribution in [3.8, 4) is 0 Å². The lowest BCUT2D eigenvalue weighted by molar-refractivity contribution is 0.324. The second-order valence-electron chi connectivity index (χ2n) is 4.89. The maximum atomic E-state index is 3.68. The van der Waals surface area contributed by atoms with Crippen LogP contribution in [0.15, 0.2) is 24.8 Å². The van der Waals surface area contributed by atoms with Gasteiger partial charge >= 0.3 is 0 Å². The summed E-state index contributed by atoms with van der Waals surface area (Å²) in [6.07, 6.45) is 11.4. The molecule has 0 radical (unpaired) electrons. The van der Waals surface area contributed by atoms with Gasteiger partial charge in [0.2, 0.25) is 0 Å². The fraction of sp³-hybridized carbons (Fsp3) is 0.714. The summed E-state index contributed by atoms with van der Waals surface area (Å²) >= 11 is 0. The Hall–Kier alpha value is -0.560. The van der Waals surface area contributed by atoms with E-state index in [9.17, 15) is 0 Å². The first-order valence-electron chi connectivity index (χ1n) is 6.05.